The number of nitrogens with one attached hydrogen (secondary N) is 1. The Morgan fingerprint density at radius 1 is 1.50 bits per heavy atom. The Morgan fingerprint density at radius 3 is 2.79 bits per heavy atom. The van der Waals surface area contributed by atoms with Crippen LogP contribution in [0.15, 0.2) is 24.3 Å². The Labute approximate surface area is 98.3 Å². The van der Waals surface area contributed by atoms with Gasteiger partial charge in [-0.2, -0.15) is 35.9 Å². The number of benzene rings is 1. The summed E-state index contributed by atoms with van der Waals surface area (Å²) in [6.07, 6.45) is 0.536. The molecule has 0 saturated carbocycles. The summed E-state index contributed by atoms with van der Waals surface area (Å²) in [7, 11) is 0. The van der Waals surface area contributed by atoms with Gasteiger partial charge >= 0.3 is 21.1 Å². The number of carbonyl (C=O) groups is 1. The first-order valence-corrected chi connectivity index (χ1v) is 4.36. The molecule has 1 fully saturated rings. The van der Waals surface area contributed by atoms with E-state index in [-0.39, 0.29) is 38.9 Å². The van der Waals surface area contributed by atoms with E-state index in [0.29, 0.717) is 6.42 Å². The Hall–Kier alpha value is -0.622. The average molecular weight is 357 g/mol. The van der Waals surface area contributed by atoms with Gasteiger partial charge < -0.3 is 12.2 Å². The Kier molecular flexibility index (Phi) is 3.88. The third-order valence-electron chi connectivity index (χ3n) is 2.37. The smallest absolute Gasteiger partial charge is 0.383 e. The summed E-state index contributed by atoms with van der Waals surface area (Å²) in [5.74, 6) is 0.274. The Bertz CT molecular complexity index is 312. The van der Waals surface area contributed by atoms with E-state index in [2.05, 4.69) is 18.3 Å². The van der Waals surface area contributed by atoms with Crippen molar-refractivity contribution in [1.82, 2.24) is 5.32 Å². The van der Waals surface area contributed by atoms with Crippen LogP contribution in [-0.2, 0) is 25.9 Å². The molecule has 3 heteroatoms. The topological polar surface area (TPSA) is 29.1 Å². The van der Waals surface area contributed by atoms with Crippen LogP contribution in [0.3, 0.4) is 0 Å². The minimum atomic E-state index is -0.00819. The van der Waals surface area contributed by atoms with Gasteiger partial charge in [0.15, 0.2) is 0 Å². The molecule has 1 N–H and O–H groups in total. The van der Waals surface area contributed by atoms with Crippen LogP contribution in [-0.4, -0.2) is 11.9 Å². The molecule has 0 spiro atoms. The van der Waals surface area contributed by atoms with Gasteiger partial charge in [0.1, 0.15) is 0 Å². The van der Waals surface area contributed by atoms with Crippen molar-refractivity contribution in [1.29, 1.82) is 0 Å². The minimum absolute atomic E-state index is 0. The van der Waals surface area contributed by atoms with Crippen LogP contribution in [0.5, 0.6) is 0 Å². The van der Waals surface area contributed by atoms with E-state index in [9.17, 15) is 4.79 Å². The summed E-state index contributed by atoms with van der Waals surface area (Å²) in [5, 5.41) is 2.80. The van der Waals surface area contributed by atoms with E-state index in [1.807, 2.05) is 24.3 Å². The molecular formula is C11H11NOW. The van der Waals surface area contributed by atoms with Crippen molar-refractivity contribution >= 4 is 5.91 Å². The summed E-state index contributed by atoms with van der Waals surface area (Å²) in [6, 6.07) is 10.9. The Morgan fingerprint density at radius 2 is 2.29 bits per heavy atom. The molecule has 2 rings (SSSR count). The molecule has 2 nitrogen and oxygen atoms in total. The molecular weight excluding hydrogens is 346 g/mol. The van der Waals surface area contributed by atoms with Crippen LogP contribution in [0.1, 0.15) is 17.9 Å². The van der Waals surface area contributed by atoms with Crippen molar-refractivity contribution < 1.29 is 25.9 Å². The van der Waals surface area contributed by atoms with Gasteiger partial charge in [0.2, 0.25) is 5.91 Å². The maximum Gasteiger partial charge on any atom is 2.00 e. The van der Waals surface area contributed by atoms with E-state index in [1.165, 1.54) is 0 Å². The zero-order valence-corrected chi connectivity index (χ0v) is 10.6. The van der Waals surface area contributed by atoms with Gasteiger partial charge in [-0.15, -0.1) is 0 Å². The first kappa shape index (κ1) is 11.5. The summed E-state index contributed by atoms with van der Waals surface area (Å²) in [6.45, 7) is 3.89. The largest absolute Gasteiger partial charge is 2.00 e. The summed E-state index contributed by atoms with van der Waals surface area (Å²) in [4.78, 5) is 11.1. The normalized spacial score (nSPS) is 25.4. The van der Waals surface area contributed by atoms with Crippen molar-refractivity contribution in [2.75, 3.05) is 0 Å². The molecule has 72 valence electrons. The van der Waals surface area contributed by atoms with Crippen molar-refractivity contribution in [2.24, 2.45) is 0 Å². The van der Waals surface area contributed by atoms with Crippen molar-refractivity contribution in [2.45, 2.75) is 18.4 Å². The summed E-state index contributed by atoms with van der Waals surface area (Å²) >= 11 is 0. The molecule has 0 aliphatic carbocycles. The van der Waals surface area contributed by atoms with Crippen molar-refractivity contribution in [3.8, 4) is 0 Å². The van der Waals surface area contributed by atoms with Gasteiger partial charge in [-0.05, 0) is 5.92 Å². The van der Waals surface area contributed by atoms with E-state index in [4.69, 9.17) is 0 Å². The molecule has 1 aliphatic heterocycles. The molecule has 1 aromatic carbocycles. The van der Waals surface area contributed by atoms with Crippen LogP contribution < -0.4 is 5.32 Å². The summed E-state index contributed by atoms with van der Waals surface area (Å²) < 4.78 is 0. The van der Waals surface area contributed by atoms with Gasteiger partial charge in [-0.25, -0.2) is 0 Å². The predicted molar refractivity (Wildman–Crippen MR) is 49.9 cm³/mol. The maximum atomic E-state index is 11.1. The van der Waals surface area contributed by atoms with Crippen LogP contribution in [0.4, 0.5) is 0 Å². The molecule has 2 unspecified atom stereocenters. The first-order chi connectivity index (χ1) is 6.27. The fraction of sp³-hybridized carbons (Fsp3) is 0.273. The third kappa shape index (κ3) is 2.24. The van der Waals surface area contributed by atoms with Crippen LogP contribution in [0.2, 0.25) is 0 Å². The molecule has 1 aromatic rings. The fourth-order valence-corrected chi connectivity index (χ4v) is 1.67. The quantitative estimate of drug-likeness (QED) is 0.755. The molecule has 0 radical (unpaired) electrons. The molecule has 1 amide bonds. The van der Waals surface area contributed by atoms with Crippen molar-refractivity contribution in [3.63, 3.8) is 0 Å². The number of carbonyl (C=O) groups excluding carboxylic acids is 1. The number of rotatable bonds is 1. The van der Waals surface area contributed by atoms with Gasteiger partial charge in [0.25, 0.3) is 0 Å². The zero-order valence-electron chi connectivity index (χ0n) is 7.69. The molecule has 1 heterocycles. The van der Waals surface area contributed by atoms with Crippen LogP contribution in [0.25, 0.3) is 0 Å². The average Bonchev–Trinajstić information content (AvgIpc) is 2.47. The second-order valence-electron chi connectivity index (χ2n) is 3.30. The standard InChI is InChI=1S/C11H11NO.W/c1-8-10(7-11(13)12-8)9-5-3-2-4-6-9;/h2-5,8,10H,1,7H2,(H,12,13);/q-2;+2. The van der Waals surface area contributed by atoms with Crippen LogP contribution >= 0.6 is 0 Å². The third-order valence-corrected chi connectivity index (χ3v) is 2.37. The monoisotopic (exact) mass is 357 g/mol. The predicted octanol–water partition coefficient (Wildman–Crippen LogP) is 1.29. The fourth-order valence-electron chi connectivity index (χ4n) is 1.67. The van der Waals surface area contributed by atoms with Gasteiger partial charge in [-0.1, -0.05) is 6.04 Å². The van der Waals surface area contributed by atoms with Crippen LogP contribution in [0, 0.1) is 13.0 Å². The minimum Gasteiger partial charge on any atom is -0.383 e. The van der Waals surface area contributed by atoms with E-state index >= 15 is 0 Å². The molecule has 1 saturated heterocycles. The first-order valence-electron chi connectivity index (χ1n) is 4.36. The molecule has 0 bridgehead atoms. The Balaban J connectivity index is 0.000000980. The molecule has 0 aromatic heterocycles. The summed E-state index contributed by atoms with van der Waals surface area (Å²) in [5.41, 5.74) is 1.07. The molecule has 14 heavy (non-hydrogen) atoms. The number of hydrogen-bond acceptors (Lipinski definition) is 1. The maximum absolute atomic E-state index is 11.1. The van der Waals surface area contributed by atoms with Gasteiger partial charge in [0.05, 0.1) is 0 Å². The van der Waals surface area contributed by atoms with Gasteiger partial charge in [-0.3, -0.25) is 4.79 Å². The molecule has 2 atom stereocenters. The number of hydrogen-bond donors (Lipinski definition) is 1. The number of amides is 1. The second-order valence-corrected chi connectivity index (χ2v) is 3.30. The molecule has 1 aliphatic rings. The zero-order chi connectivity index (χ0) is 9.26. The second kappa shape index (κ2) is 4.74. The van der Waals surface area contributed by atoms with E-state index < -0.39 is 0 Å². The van der Waals surface area contributed by atoms with E-state index in [1.54, 1.807) is 0 Å². The van der Waals surface area contributed by atoms with Gasteiger partial charge in [0, 0.05) is 6.42 Å². The van der Waals surface area contributed by atoms with E-state index in [0.717, 1.165) is 5.56 Å². The SMILES string of the molecule is [CH2-]C1NC(=O)CC1c1[c-]cccc1.[W+2]. The van der Waals surface area contributed by atoms with Crippen molar-refractivity contribution in [3.05, 3.63) is 42.8 Å².